The van der Waals surface area contributed by atoms with E-state index in [9.17, 15) is 20.0 Å². The van der Waals surface area contributed by atoms with Crippen molar-refractivity contribution in [3.63, 3.8) is 0 Å². The van der Waals surface area contributed by atoms with Gasteiger partial charge in [0.2, 0.25) is 11.8 Å². The Kier molecular flexibility index (Phi) is 2.80. The largest absolute Gasteiger partial charge is 0.492 e. The zero-order valence-corrected chi connectivity index (χ0v) is 11.1. The highest BCUT2D eigenvalue weighted by molar-refractivity contribution is 7.16. The molecule has 0 saturated carbocycles. The van der Waals surface area contributed by atoms with E-state index in [0.29, 0.717) is 5.69 Å². The first-order valence-corrected chi connectivity index (χ1v) is 6.42. The van der Waals surface area contributed by atoms with Crippen molar-refractivity contribution < 1.29 is 10.0 Å². The highest BCUT2D eigenvalue weighted by Gasteiger charge is 2.16. The van der Waals surface area contributed by atoms with Crippen LogP contribution >= 0.6 is 11.3 Å². The summed E-state index contributed by atoms with van der Waals surface area (Å²) in [5.41, 5.74) is 5.91. The van der Waals surface area contributed by atoms with Gasteiger partial charge in [0.05, 0.1) is 10.6 Å². The molecule has 0 radical (unpaired) electrons. The van der Waals surface area contributed by atoms with E-state index < -0.39 is 9.80 Å². The smallest absolute Gasteiger partial charge is 0.314 e. The molecule has 21 heavy (non-hydrogen) atoms. The van der Waals surface area contributed by atoms with Crippen LogP contribution in [0, 0.1) is 10.1 Å². The van der Waals surface area contributed by atoms with Crippen molar-refractivity contribution in [1.82, 2.24) is 14.5 Å². The van der Waals surface area contributed by atoms with Crippen molar-refractivity contribution in [3.8, 4) is 11.6 Å². The van der Waals surface area contributed by atoms with Gasteiger partial charge in [-0.3, -0.25) is 19.5 Å². The van der Waals surface area contributed by atoms with Crippen LogP contribution in [0.4, 0.5) is 11.6 Å². The summed E-state index contributed by atoms with van der Waals surface area (Å²) in [6.45, 7) is 0. The number of hydrogen-bond donors (Lipinski definition) is 2. The molecule has 106 valence electrons. The molecule has 0 saturated heterocycles. The molecule has 3 rings (SSSR count). The van der Waals surface area contributed by atoms with Crippen LogP contribution in [0.2, 0.25) is 0 Å². The summed E-state index contributed by atoms with van der Waals surface area (Å²) in [5.74, 6) is -0.547. The van der Waals surface area contributed by atoms with Crippen molar-refractivity contribution >= 4 is 33.3 Å². The molecule has 0 unspecified atom stereocenters. The van der Waals surface area contributed by atoms with E-state index in [1.807, 2.05) is 0 Å². The summed E-state index contributed by atoms with van der Waals surface area (Å²) in [5, 5.41) is 20.3. The standard InChI is InChI=1S/C11H7N5O4S/c12-10-13-8-7(9(17)14-10)21-11(18)15(8)5-1-3-6(4-2-5)16(19)20/h1-4H,(H3,12,13,14,17). The predicted octanol–water partition coefficient (Wildman–Crippen LogP) is 1.04. The van der Waals surface area contributed by atoms with Gasteiger partial charge in [-0.05, 0) is 12.1 Å². The molecule has 0 fully saturated rings. The van der Waals surface area contributed by atoms with Crippen LogP contribution in [0.15, 0.2) is 29.1 Å². The Morgan fingerprint density at radius 2 is 1.95 bits per heavy atom. The molecule has 1 aromatic carbocycles. The average molecular weight is 305 g/mol. The third kappa shape index (κ3) is 2.07. The number of thiazole rings is 1. The van der Waals surface area contributed by atoms with Gasteiger partial charge in [0.25, 0.3) is 5.69 Å². The molecular formula is C11H7N5O4S. The van der Waals surface area contributed by atoms with E-state index in [-0.39, 0.29) is 27.9 Å². The Labute approximate surface area is 120 Å². The van der Waals surface area contributed by atoms with Gasteiger partial charge in [-0.2, -0.15) is 9.97 Å². The maximum Gasteiger partial charge on any atom is 0.314 e. The SMILES string of the molecule is Nc1nc(O)c2sc(=O)n(-c3ccc([N+](=O)[O-])cc3)c2n1. The number of anilines is 1. The number of fused-ring (bicyclic) bond motifs is 1. The number of non-ortho nitro benzene ring substituents is 1. The second-order valence-corrected chi connectivity index (χ2v) is 5.00. The Balaban J connectivity index is 2.27. The Hall–Kier alpha value is -3.01. The number of nitrogen functional groups attached to an aromatic ring is 1. The van der Waals surface area contributed by atoms with Crippen molar-refractivity contribution in [2.45, 2.75) is 0 Å². The molecule has 10 heteroatoms. The lowest BCUT2D eigenvalue weighted by Gasteiger charge is -2.03. The first kappa shape index (κ1) is 13.0. The summed E-state index contributed by atoms with van der Waals surface area (Å²) in [7, 11) is 0. The average Bonchev–Trinajstić information content (AvgIpc) is 2.75. The lowest BCUT2D eigenvalue weighted by Crippen LogP contribution is -2.11. The summed E-state index contributed by atoms with van der Waals surface area (Å²) in [4.78, 5) is 29.3. The zero-order chi connectivity index (χ0) is 15.1. The molecule has 0 aliphatic carbocycles. The number of nitro benzene ring substituents is 1. The topological polar surface area (TPSA) is 137 Å². The summed E-state index contributed by atoms with van der Waals surface area (Å²) >= 11 is 0.762. The number of nitro groups is 1. The summed E-state index contributed by atoms with van der Waals surface area (Å²) < 4.78 is 1.41. The van der Waals surface area contributed by atoms with E-state index >= 15 is 0 Å². The van der Waals surface area contributed by atoms with Crippen LogP contribution in [-0.4, -0.2) is 24.6 Å². The van der Waals surface area contributed by atoms with Crippen LogP contribution < -0.4 is 10.6 Å². The number of rotatable bonds is 2. The number of nitrogens with zero attached hydrogens (tertiary/aromatic N) is 4. The summed E-state index contributed by atoms with van der Waals surface area (Å²) in [6.07, 6.45) is 0. The third-order valence-electron chi connectivity index (χ3n) is 2.75. The number of benzene rings is 1. The van der Waals surface area contributed by atoms with Crippen molar-refractivity contribution in [2.24, 2.45) is 0 Å². The zero-order valence-electron chi connectivity index (χ0n) is 10.3. The highest BCUT2D eigenvalue weighted by atomic mass is 32.1. The minimum atomic E-state index is -0.537. The predicted molar refractivity (Wildman–Crippen MR) is 75.7 cm³/mol. The molecule has 2 heterocycles. The maximum absolute atomic E-state index is 12.0. The normalized spacial score (nSPS) is 10.9. The fraction of sp³-hybridized carbons (Fsp3) is 0. The quantitative estimate of drug-likeness (QED) is 0.533. The van der Waals surface area contributed by atoms with Gasteiger partial charge in [0.1, 0.15) is 4.70 Å². The second-order valence-electron chi connectivity index (χ2n) is 4.04. The molecule has 3 N–H and O–H groups in total. The molecule has 2 aromatic heterocycles. The van der Waals surface area contributed by atoms with Gasteiger partial charge in [-0.1, -0.05) is 11.3 Å². The molecule has 0 aliphatic rings. The molecule has 3 aromatic rings. The maximum atomic E-state index is 12.0. The minimum Gasteiger partial charge on any atom is -0.492 e. The van der Waals surface area contributed by atoms with Gasteiger partial charge >= 0.3 is 4.87 Å². The molecule has 0 bridgehead atoms. The molecule has 0 spiro atoms. The first-order valence-electron chi connectivity index (χ1n) is 5.60. The van der Waals surface area contributed by atoms with Crippen LogP contribution in [0.25, 0.3) is 16.0 Å². The number of aromatic nitrogens is 3. The fourth-order valence-corrected chi connectivity index (χ4v) is 2.68. The number of hydrogen-bond acceptors (Lipinski definition) is 8. The summed E-state index contributed by atoms with van der Waals surface area (Å²) in [6, 6.07) is 5.38. The van der Waals surface area contributed by atoms with Gasteiger partial charge in [-0.15, -0.1) is 0 Å². The molecule has 0 amide bonds. The molecule has 9 nitrogen and oxygen atoms in total. The minimum absolute atomic E-state index is 0.0941. The van der Waals surface area contributed by atoms with Crippen LogP contribution in [0.1, 0.15) is 0 Å². The Bertz CT molecular complexity index is 915. The lowest BCUT2D eigenvalue weighted by molar-refractivity contribution is -0.384. The van der Waals surface area contributed by atoms with Gasteiger partial charge in [-0.25, -0.2) is 0 Å². The highest BCUT2D eigenvalue weighted by Crippen LogP contribution is 2.27. The third-order valence-corrected chi connectivity index (χ3v) is 3.68. The van der Waals surface area contributed by atoms with E-state index in [0.717, 1.165) is 11.3 Å². The Morgan fingerprint density at radius 3 is 2.57 bits per heavy atom. The first-order chi connectivity index (χ1) is 9.97. The van der Waals surface area contributed by atoms with Crippen molar-refractivity contribution in [3.05, 3.63) is 44.0 Å². The number of nitrogens with two attached hydrogens (primary N) is 1. The van der Waals surface area contributed by atoms with Crippen LogP contribution in [0.3, 0.4) is 0 Å². The van der Waals surface area contributed by atoms with Crippen molar-refractivity contribution in [2.75, 3.05) is 5.73 Å². The van der Waals surface area contributed by atoms with Gasteiger partial charge in [0.15, 0.2) is 5.65 Å². The van der Waals surface area contributed by atoms with E-state index in [2.05, 4.69) is 9.97 Å². The van der Waals surface area contributed by atoms with E-state index in [4.69, 9.17) is 5.73 Å². The number of aromatic hydroxyl groups is 1. The Morgan fingerprint density at radius 1 is 1.29 bits per heavy atom. The second kappa shape index (κ2) is 4.52. The fourth-order valence-electron chi connectivity index (χ4n) is 1.86. The van der Waals surface area contributed by atoms with E-state index in [1.54, 1.807) is 0 Å². The molecule has 0 aliphatic heterocycles. The van der Waals surface area contributed by atoms with Crippen molar-refractivity contribution in [1.29, 1.82) is 0 Å². The monoisotopic (exact) mass is 305 g/mol. The molecule has 0 atom stereocenters. The lowest BCUT2D eigenvalue weighted by atomic mass is 10.3. The van der Waals surface area contributed by atoms with Crippen LogP contribution in [0.5, 0.6) is 5.88 Å². The van der Waals surface area contributed by atoms with Crippen LogP contribution in [-0.2, 0) is 0 Å². The molecular weight excluding hydrogens is 298 g/mol. The van der Waals surface area contributed by atoms with E-state index in [1.165, 1.54) is 28.8 Å². The van der Waals surface area contributed by atoms with Gasteiger partial charge < -0.3 is 10.8 Å². The van der Waals surface area contributed by atoms with Gasteiger partial charge in [0, 0.05) is 12.1 Å².